The zero-order valence-electron chi connectivity index (χ0n) is 13.0. The normalized spacial score (nSPS) is 10.4. The molecule has 0 unspecified atom stereocenters. The molecule has 0 aliphatic rings. The summed E-state index contributed by atoms with van der Waals surface area (Å²) in [6.07, 6.45) is 1.51. The van der Waals surface area contributed by atoms with Crippen molar-refractivity contribution < 1.29 is 18.7 Å². The van der Waals surface area contributed by atoms with Crippen molar-refractivity contribution in [3.05, 3.63) is 77.9 Å². The summed E-state index contributed by atoms with van der Waals surface area (Å²) in [5.41, 5.74) is 1.18. The highest BCUT2D eigenvalue weighted by Crippen LogP contribution is 2.15. The fraction of sp³-hybridized carbons (Fsp3) is 0.111. The van der Waals surface area contributed by atoms with Crippen LogP contribution in [-0.2, 0) is 11.3 Å². The molecule has 3 rings (SSSR count). The first-order chi connectivity index (χ1) is 11.7. The minimum absolute atomic E-state index is 0.0998. The fourth-order valence-corrected chi connectivity index (χ4v) is 2.19. The lowest BCUT2D eigenvalue weighted by Crippen LogP contribution is -2.07. The van der Waals surface area contributed by atoms with E-state index in [-0.39, 0.29) is 18.0 Å². The summed E-state index contributed by atoms with van der Waals surface area (Å²) < 4.78 is 25.4. The van der Waals surface area contributed by atoms with Gasteiger partial charge in [-0.3, -0.25) is 0 Å². The molecule has 5 nitrogen and oxygen atoms in total. The number of hydrogen-bond donors (Lipinski definition) is 0. The van der Waals surface area contributed by atoms with Gasteiger partial charge in [-0.05, 0) is 35.9 Å². The van der Waals surface area contributed by atoms with E-state index in [4.69, 9.17) is 9.47 Å². The van der Waals surface area contributed by atoms with Crippen molar-refractivity contribution in [3.63, 3.8) is 0 Å². The molecule has 0 saturated heterocycles. The lowest BCUT2D eigenvalue weighted by atomic mass is 10.2. The zero-order valence-corrected chi connectivity index (χ0v) is 13.0. The molecule has 0 aliphatic heterocycles. The number of rotatable bonds is 5. The van der Waals surface area contributed by atoms with Crippen LogP contribution in [0.2, 0.25) is 0 Å². The maximum Gasteiger partial charge on any atom is 0.359 e. The van der Waals surface area contributed by atoms with Gasteiger partial charge in [-0.25, -0.2) is 13.9 Å². The van der Waals surface area contributed by atoms with Gasteiger partial charge in [-0.15, -0.1) is 0 Å². The minimum atomic E-state index is -0.576. The lowest BCUT2D eigenvalue weighted by molar-refractivity contribution is 0.0465. The first-order valence-electron chi connectivity index (χ1n) is 7.28. The monoisotopic (exact) mass is 326 g/mol. The molecule has 0 atom stereocenters. The lowest BCUT2D eigenvalue weighted by Gasteiger charge is -2.05. The van der Waals surface area contributed by atoms with Crippen molar-refractivity contribution in [1.29, 1.82) is 0 Å². The number of carbonyl (C=O) groups excluding carboxylic acids is 1. The van der Waals surface area contributed by atoms with Gasteiger partial charge in [-0.1, -0.05) is 24.3 Å². The van der Waals surface area contributed by atoms with Gasteiger partial charge in [0.25, 0.3) is 0 Å². The number of carbonyl (C=O) groups is 1. The van der Waals surface area contributed by atoms with E-state index in [1.54, 1.807) is 37.4 Å². The van der Waals surface area contributed by atoms with Gasteiger partial charge in [0.2, 0.25) is 0 Å². The van der Waals surface area contributed by atoms with E-state index in [9.17, 15) is 9.18 Å². The fourth-order valence-electron chi connectivity index (χ4n) is 2.19. The summed E-state index contributed by atoms with van der Waals surface area (Å²) >= 11 is 0. The second-order valence-electron chi connectivity index (χ2n) is 5.02. The van der Waals surface area contributed by atoms with E-state index in [2.05, 4.69) is 5.10 Å². The van der Waals surface area contributed by atoms with E-state index in [1.807, 2.05) is 12.1 Å². The molecule has 0 bridgehead atoms. The van der Waals surface area contributed by atoms with Crippen LogP contribution in [0.25, 0.3) is 5.69 Å². The van der Waals surface area contributed by atoms with Crippen LogP contribution in [0.15, 0.2) is 60.8 Å². The molecule has 0 spiro atoms. The van der Waals surface area contributed by atoms with Crippen LogP contribution >= 0.6 is 0 Å². The number of hydrogen-bond acceptors (Lipinski definition) is 4. The Hall–Kier alpha value is -3.15. The maximum atomic E-state index is 13.7. The largest absolute Gasteiger partial charge is 0.497 e. The number of nitrogens with zero attached hydrogens (tertiary/aromatic N) is 2. The van der Waals surface area contributed by atoms with Crippen LogP contribution in [0, 0.1) is 5.82 Å². The third kappa shape index (κ3) is 3.43. The van der Waals surface area contributed by atoms with Crippen molar-refractivity contribution in [2.24, 2.45) is 0 Å². The Morgan fingerprint density at radius 3 is 2.79 bits per heavy atom. The van der Waals surface area contributed by atoms with E-state index in [0.29, 0.717) is 5.75 Å². The molecule has 2 aromatic carbocycles. The van der Waals surface area contributed by atoms with Crippen molar-refractivity contribution in [2.45, 2.75) is 6.61 Å². The molecule has 0 amide bonds. The summed E-state index contributed by atoms with van der Waals surface area (Å²) in [4.78, 5) is 12.1. The molecule has 0 fully saturated rings. The van der Waals surface area contributed by atoms with Gasteiger partial charge in [0, 0.05) is 6.20 Å². The molecule has 122 valence electrons. The summed E-state index contributed by atoms with van der Waals surface area (Å²) in [6.45, 7) is 0.0998. The Balaban J connectivity index is 1.69. The topological polar surface area (TPSA) is 53.4 Å². The zero-order chi connectivity index (χ0) is 16.9. The van der Waals surface area contributed by atoms with Crippen LogP contribution in [-0.4, -0.2) is 22.9 Å². The molecule has 24 heavy (non-hydrogen) atoms. The van der Waals surface area contributed by atoms with Gasteiger partial charge >= 0.3 is 5.97 Å². The highest BCUT2D eigenvalue weighted by atomic mass is 19.1. The van der Waals surface area contributed by atoms with Crippen molar-refractivity contribution >= 4 is 5.97 Å². The van der Waals surface area contributed by atoms with E-state index in [1.165, 1.54) is 23.0 Å². The number of ether oxygens (including phenoxy) is 2. The van der Waals surface area contributed by atoms with Crippen molar-refractivity contribution in [1.82, 2.24) is 9.78 Å². The summed E-state index contributed by atoms with van der Waals surface area (Å²) in [5, 5.41) is 4.06. The Morgan fingerprint density at radius 2 is 2.00 bits per heavy atom. The smallest absolute Gasteiger partial charge is 0.359 e. The Morgan fingerprint density at radius 1 is 1.17 bits per heavy atom. The SMILES string of the molecule is COc1cccc(COC(=O)c2ccn(-c3ccccc3F)n2)c1. The molecule has 6 heteroatoms. The third-order valence-corrected chi connectivity index (χ3v) is 3.40. The Kier molecular flexibility index (Phi) is 4.56. The quantitative estimate of drug-likeness (QED) is 0.675. The van der Waals surface area contributed by atoms with E-state index < -0.39 is 11.8 Å². The predicted molar refractivity (Wildman–Crippen MR) is 85.6 cm³/mol. The first kappa shape index (κ1) is 15.7. The third-order valence-electron chi connectivity index (χ3n) is 3.40. The van der Waals surface area contributed by atoms with Crippen LogP contribution in [0.5, 0.6) is 5.75 Å². The number of esters is 1. The van der Waals surface area contributed by atoms with Crippen molar-refractivity contribution in [2.75, 3.05) is 7.11 Å². The Bertz CT molecular complexity index is 861. The molecular formula is C18H15FN2O3. The van der Waals surface area contributed by atoms with Crippen molar-refractivity contribution in [3.8, 4) is 11.4 Å². The van der Waals surface area contributed by atoms with Crippen LogP contribution in [0.4, 0.5) is 4.39 Å². The van der Waals surface area contributed by atoms with Crippen LogP contribution in [0.1, 0.15) is 16.1 Å². The molecule has 0 radical (unpaired) electrons. The van der Waals surface area contributed by atoms with Crippen LogP contribution < -0.4 is 4.74 Å². The average Bonchev–Trinajstić information content (AvgIpc) is 3.10. The number of aromatic nitrogens is 2. The highest BCUT2D eigenvalue weighted by molar-refractivity contribution is 5.87. The molecule has 0 aliphatic carbocycles. The highest BCUT2D eigenvalue weighted by Gasteiger charge is 2.13. The molecule has 1 aromatic heterocycles. The number of halogens is 1. The van der Waals surface area contributed by atoms with Gasteiger partial charge in [0.1, 0.15) is 23.9 Å². The molecule has 1 heterocycles. The van der Waals surface area contributed by atoms with Gasteiger partial charge in [0.05, 0.1) is 7.11 Å². The number of para-hydroxylation sites is 1. The second kappa shape index (κ2) is 6.95. The maximum absolute atomic E-state index is 13.7. The van der Waals surface area contributed by atoms with Gasteiger partial charge in [-0.2, -0.15) is 5.10 Å². The molecular weight excluding hydrogens is 311 g/mol. The number of methoxy groups -OCH3 is 1. The van der Waals surface area contributed by atoms with Gasteiger partial charge in [0.15, 0.2) is 5.69 Å². The Labute approximate surface area is 138 Å². The molecule has 0 N–H and O–H groups in total. The standard InChI is InChI=1S/C18H15FN2O3/c1-23-14-6-4-5-13(11-14)12-24-18(22)16-9-10-21(20-16)17-8-3-2-7-15(17)19/h2-11H,12H2,1H3. The molecule has 3 aromatic rings. The van der Waals surface area contributed by atoms with E-state index in [0.717, 1.165) is 5.56 Å². The van der Waals surface area contributed by atoms with E-state index >= 15 is 0 Å². The first-order valence-corrected chi connectivity index (χ1v) is 7.28. The summed E-state index contributed by atoms with van der Waals surface area (Å²) in [7, 11) is 1.57. The summed E-state index contributed by atoms with van der Waals surface area (Å²) in [6, 6.07) is 14.9. The minimum Gasteiger partial charge on any atom is -0.497 e. The average molecular weight is 326 g/mol. The molecule has 0 saturated carbocycles. The predicted octanol–water partition coefficient (Wildman–Crippen LogP) is 3.38. The van der Waals surface area contributed by atoms with Gasteiger partial charge < -0.3 is 9.47 Å². The summed E-state index contributed by atoms with van der Waals surface area (Å²) in [5.74, 6) is -0.308. The second-order valence-corrected chi connectivity index (χ2v) is 5.02. The number of benzene rings is 2. The van der Waals surface area contributed by atoms with Crippen LogP contribution in [0.3, 0.4) is 0 Å².